The maximum Gasteiger partial charge on any atom is 0.158 e. The van der Waals surface area contributed by atoms with Crippen LogP contribution in [-0.2, 0) is 11.3 Å². The third-order valence-electron chi connectivity index (χ3n) is 2.36. The number of aromatic nitrogens is 2. The Labute approximate surface area is 116 Å². The summed E-state index contributed by atoms with van der Waals surface area (Å²) in [6, 6.07) is 9.19. The minimum absolute atomic E-state index is 0.313. The van der Waals surface area contributed by atoms with Gasteiger partial charge in [0.15, 0.2) is 5.82 Å². The molecule has 100 valence electrons. The largest absolute Gasteiger partial charge is 0.497 e. The Bertz CT molecular complexity index is 563. The molecule has 0 aliphatic rings. The van der Waals surface area contributed by atoms with Gasteiger partial charge in [-0.1, -0.05) is 17.7 Å². The number of methoxy groups -OCH3 is 2. The van der Waals surface area contributed by atoms with Crippen molar-refractivity contribution in [3.63, 3.8) is 0 Å². The second-order valence-electron chi connectivity index (χ2n) is 3.78. The van der Waals surface area contributed by atoms with E-state index in [1.807, 2.05) is 24.3 Å². The van der Waals surface area contributed by atoms with Gasteiger partial charge in [-0.3, -0.25) is 0 Å². The zero-order valence-electron chi connectivity index (χ0n) is 10.7. The standard InChI is InChI=1S/C13H14ClN3O2/c1-18-8-13-16-11(14)7-12(17-13)15-9-4-3-5-10(6-9)19-2/h3-7H,8H2,1-2H3,(H,15,16,17). The Morgan fingerprint density at radius 1 is 1.21 bits per heavy atom. The van der Waals surface area contributed by atoms with Crippen LogP contribution in [0.4, 0.5) is 11.5 Å². The van der Waals surface area contributed by atoms with Crippen LogP contribution in [0.3, 0.4) is 0 Å². The second kappa shape index (κ2) is 6.36. The van der Waals surface area contributed by atoms with Gasteiger partial charge in [-0.05, 0) is 12.1 Å². The van der Waals surface area contributed by atoms with Gasteiger partial charge in [0.05, 0.1) is 7.11 Å². The maximum absolute atomic E-state index is 5.94. The Hall–Kier alpha value is -1.85. The third kappa shape index (κ3) is 3.81. The average Bonchev–Trinajstić information content (AvgIpc) is 2.38. The summed E-state index contributed by atoms with van der Waals surface area (Å²) >= 11 is 5.94. The first-order chi connectivity index (χ1) is 9.21. The molecule has 0 aliphatic carbocycles. The van der Waals surface area contributed by atoms with Gasteiger partial charge in [-0.15, -0.1) is 0 Å². The summed E-state index contributed by atoms with van der Waals surface area (Å²) < 4.78 is 10.2. The normalized spacial score (nSPS) is 10.3. The molecular weight excluding hydrogens is 266 g/mol. The Morgan fingerprint density at radius 3 is 2.79 bits per heavy atom. The van der Waals surface area contributed by atoms with Crippen LogP contribution in [-0.4, -0.2) is 24.2 Å². The Morgan fingerprint density at radius 2 is 2.05 bits per heavy atom. The molecule has 19 heavy (non-hydrogen) atoms. The van der Waals surface area contributed by atoms with Crippen LogP contribution >= 0.6 is 11.6 Å². The van der Waals surface area contributed by atoms with Gasteiger partial charge >= 0.3 is 0 Å². The molecular formula is C13H14ClN3O2. The fourth-order valence-corrected chi connectivity index (χ4v) is 1.77. The Balaban J connectivity index is 2.22. The minimum Gasteiger partial charge on any atom is -0.497 e. The molecule has 0 saturated heterocycles. The SMILES string of the molecule is COCc1nc(Cl)cc(Nc2cccc(OC)c2)n1. The first-order valence-corrected chi connectivity index (χ1v) is 6.02. The van der Waals surface area contributed by atoms with E-state index in [9.17, 15) is 0 Å². The van der Waals surface area contributed by atoms with Crippen LogP contribution in [0.25, 0.3) is 0 Å². The van der Waals surface area contributed by atoms with Gasteiger partial charge in [0.25, 0.3) is 0 Å². The fourth-order valence-electron chi connectivity index (χ4n) is 1.57. The molecule has 0 spiro atoms. The number of hydrogen-bond acceptors (Lipinski definition) is 5. The quantitative estimate of drug-likeness (QED) is 0.853. The first kappa shape index (κ1) is 13.6. The molecule has 6 heteroatoms. The molecule has 1 heterocycles. The molecule has 0 amide bonds. The molecule has 5 nitrogen and oxygen atoms in total. The monoisotopic (exact) mass is 279 g/mol. The molecule has 0 bridgehead atoms. The van der Waals surface area contributed by atoms with E-state index in [0.29, 0.717) is 23.4 Å². The van der Waals surface area contributed by atoms with Crippen molar-refractivity contribution in [2.24, 2.45) is 0 Å². The molecule has 0 aliphatic heterocycles. The predicted octanol–water partition coefficient (Wildman–Crippen LogP) is 3.03. The van der Waals surface area contributed by atoms with E-state index >= 15 is 0 Å². The number of benzene rings is 1. The van der Waals surface area contributed by atoms with Crippen LogP contribution in [0.2, 0.25) is 5.15 Å². The van der Waals surface area contributed by atoms with Crippen molar-refractivity contribution in [3.05, 3.63) is 41.3 Å². The van der Waals surface area contributed by atoms with Crippen molar-refractivity contribution >= 4 is 23.1 Å². The van der Waals surface area contributed by atoms with E-state index in [0.717, 1.165) is 11.4 Å². The number of ether oxygens (including phenoxy) is 2. The van der Waals surface area contributed by atoms with Gasteiger partial charge in [0.2, 0.25) is 0 Å². The van der Waals surface area contributed by atoms with Crippen molar-refractivity contribution in [1.29, 1.82) is 0 Å². The van der Waals surface area contributed by atoms with Gasteiger partial charge in [-0.25, -0.2) is 9.97 Å². The second-order valence-corrected chi connectivity index (χ2v) is 4.17. The van der Waals surface area contributed by atoms with Crippen molar-refractivity contribution < 1.29 is 9.47 Å². The summed E-state index contributed by atoms with van der Waals surface area (Å²) in [6.07, 6.45) is 0. The highest BCUT2D eigenvalue weighted by atomic mass is 35.5. The zero-order chi connectivity index (χ0) is 13.7. The number of anilines is 2. The van der Waals surface area contributed by atoms with Gasteiger partial charge in [-0.2, -0.15) is 0 Å². The van der Waals surface area contributed by atoms with E-state index in [1.165, 1.54) is 0 Å². The van der Waals surface area contributed by atoms with Crippen molar-refractivity contribution in [2.75, 3.05) is 19.5 Å². The highest BCUT2D eigenvalue weighted by Gasteiger charge is 2.04. The molecule has 1 aromatic heterocycles. The van der Waals surface area contributed by atoms with E-state index in [2.05, 4.69) is 15.3 Å². The molecule has 0 fully saturated rings. The van der Waals surface area contributed by atoms with E-state index in [4.69, 9.17) is 21.1 Å². The van der Waals surface area contributed by atoms with Crippen LogP contribution in [0, 0.1) is 0 Å². The number of nitrogens with zero attached hydrogens (tertiary/aromatic N) is 2. The molecule has 2 aromatic rings. The van der Waals surface area contributed by atoms with E-state index < -0.39 is 0 Å². The summed E-state index contributed by atoms with van der Waals surface area (Å²) in [5.74, 6) is 1.91. The third-order valence-corrected chi connectivity index (χ3v) is 2.55. The Kier molecular flexibility index (Phi) is 4.54. The van der Waals surface area contributed by atoms with Crippen molar-refractivity contribution in [1.82, 2.24) is 9.97 Å². The minimum atomic E-state index is 0.313. The number of halogens is 1. The highest BCUT2D eigenvalue weighted by molar-refractivity contribution is 6.29. The average molecular weight is 280 g/mol. The van der Waals surface area contributed by atoms with Crippen molar-refractivity contribution in [3.8, 4) is 5.75 Å². The van der Waals surface area contributed by atoms with Crippen LogP contribution in [0.1, 0.15) is 5.82 Å². The lowest BCUT2D eigenvalue weighted by Crippen LogP contribution is -2.01. The summed E-state index contributed by atoms with van der Waals surface area (Å²) in [7, 11) is 3.21. The van der Waals surface area contributed by atoms with E-state index in [-0.39, 0.29) is 0 Å². The number of nitrogens with one attached hydrogen (secondary N) is 1. The van der Waals surface area contributed by atoms with Crippen LogP contribution < -0.4 is 10.1 Å². The van der Waals surface area contributed by atoms with Crippen LogP contribution in [0.5, 0.6) is 5.75 Å². The topological polar surface area (TPSA) is 56.3 Å². The van der Waals surface area contributed by atoms with Crippen molar-refractivity contribution in [2.45, 2.75) is 6.61 Å². The highest BCUT2D eigenvalue weighted by Crippen LogP contribution is 2.21. The lowest BCUT2D eigenvalue weighted by atomic mass is 10.3. The summed E-state index contributed by atoms with van der Waals surface area (Å²) in [5.41, 5.74) is 0.859. The lowest BCUT2D eigenvalue weighted by molar-refractivity contribution is 0.178. The number of hydrogen-bond donors (Lipinski definition) is 1. The summed E-state index contributed by atoms with van der Waals surface area (Å²) in [4.78, 5) is 8.37. The first-order valence-electron chi connectivity index (χ1n) is 5.64. The maximum atomic E-state index is 5.94. The zero-order valence-corrected chi connectivity index (χ0v) is 11.4. The molecule has 1 N–H and O–H groups in total. The van der Waals surface area contributed by atoms with Gasteiger partial charge < -0.3 is 14.8 Å². The summed E-state index contributed by atoms with van der Waals surface area (Å²) in [5, 5.41) is 3.52. The van der Waals surface area contributed by atoms with Gasteiger partial charge in [0.1, 0.15) is 23.3 Å². The van der Waals surface area contributed by atoms with Crippen LogP contribution in [0.15, 0.2) is 30.3 Å². The molecule has 0 atom stereocenters. The smallest absolute Gasteiger partial charge is 0.158 e. The van der Waals surface area contributed by atoms with E-state index in [1.54, 1.807) is 20.3 Å². The molecule has 2 rings (SSSR count). The predicted molar refractivity (Wildman–Crippen MR) is 74.0 cm³/mol. The van der Waals surface area contributed by atoms with Gasteiger partial charge in [0, 0.05) is 24.9 Å². The lowest BCUT2D eigenvalue weighted by Gasteiger charge is -2.08. The molecule has 0 unspecified atom stereocenters. The molecule has 0 saturated carbocycles. The summed E-state index contributed by atoms with van der Waals surface area (Å²) in [6.45, 7) is 0.313. The fraction of sp³-hybridized carbons (Fsp3) is 0.231. The number of rotatable bonds is 5. The molecule has 0 radical (unpaired) electrons. The molecule has 1 aromatic carbocycles.